The van der Waals surface area contributed by atoms with Gasteiger partial charge in [-0.3, -0.25) is 9.88 Å². The molecule has 0 bridgehead atoms. The molecule has 0 aliphatic carbocycles. The quantitative estimate of drug-likeness (QED) is 0.788. The third-order valence-electron chi connectivity index (χ3n) is 6.13. The third kappa shape index (κ3) is 3.49. The van der Waals surface area contributed by atoms with Gasteiger partial charge in [0.05, 0.1) is 11.1 Å². The SMILES string of the molecule is Cc1ccccc1[C@H]1[C@@H]2CN(Cc3ccncc3Cl)C[C@@H]2CN1C(=O)N(C)C. The molecule has 1 aromatic carbocycles. The van der Waals surface area contributed by atoms with E-state index in [2.05, 4.69) is 46.0 Å². The molecule has 4 rings (SSSR count). The molecule has 148 valence electrons. The number of hydrogen-bond donors (Lipinski definition) is 0. The predicted molar refractivity (Wildman–Crippen MR) is 111 cm³/mol. The Morgan fingerprint density at radius 1 is 1.21 bits per heavy atom. The zero-order valence-corrected chi connectivity index (χ0v) is 17.4. The van der Waals surface area contributed by atoms with Crippen LogP contribution in [0.1, 0.15) is 22.7 Å². The maximum Gasteiger partial charge on any atom is 0.320 e. The summed E-state index contributed by atoms with van der Waals surface area (Å²) in [5.41, 5.74) is 3.64. The highest BCUT2D eigenvalue weighted by Crippen LogP contribution is 2.46. The number of nitrogens with zero attached hydrogens (tertiary/aromatic N) is 4. The topological polar surface area (TPSA) is 39.7 Å². The maximum absolute atomic E-state index is 12.9. The lowest BCUT2D eigenvalue weighted by Crippen LogP contribution is -2.41. The van der Waals surface area contributed by atoms with Crippen LogP contribution in [-0.2, 0) is 6.54 Å². The number of urea groups is 1. The molecule has 0 spiro atoms. The van der Waals surface area contributed by atoms with E-state index in [9.17, 15) is 4.79 Å². The average molecular weight is 399 g/mol. The monoisotopic (exact) mass is 398 g/mol. The molecular weight excluding hydrogens is 372 g/mol. The smallest absolute Gasteiger partial charge is 0.320 e. The Morgan fingerprint density at radius 3 is 2.71 bits per heavy atom. The molecule has 28 heavy (non-hydrogen) atoms. The van der Waals surface area contributed by atoms with Crippen molar-refractivity contribution in [2.45, 2.75) is 19.5 Å². The molecular formula is C22H27ClN4O. The molecule has 2 fully saturated rings. The zero-order chi connectivity index (χ0) is 19.8. The molecule has 1 aromatic heterocycles. The fraction of sp³-hybridized carbons (Fsp3) is 0.455. The summed E-state index contributed by atoms with van der Waals surface area (Å²) < 4.78 is 0. The Balaban J connectivity index is 1.60. The number of carbonyl (C=O) groups excluding carboxylic acids is 1. The van der Waals surface area contributed by atoms with Gasteiger partial charge in [0, 0.05) is 58.6 Å². The molecule has 0 saturated carbocycles. The van der Waals surface area contributed by atoms with Crippen molar-refractivity contribution in [3.63, 3.8) is 0 Å². The molecule has 3 atom stereocenters. The van der Waals surface area contributed by atoms with E-state index in [1.807, 2.05) is 20.2 Å². The lowest BCUT2D eigenvalue weighted by Gasteiger charge is -2.32. The predicted octanol–water partition coefficient (Wildman–Crippen LogP) is 3.83. The molecule has 3 heterocycles. The van der Waals surface area contributed by atoms with Gasteiger partial charge in [-0.25, -0.2) is 4.79 Å². The molecule has 2 saturated heterocycles. The van der Waals surface area contributed by atoms with Crippen molar-refractivity contribution in [1.82, 2.24) is 19.7 Å². The van der Waals surface area contributed by atoms with E-state index in [1.54, 1.807) is 17.3 Å². The van der Waals surface area contributed by atoms with Gasteiger partial charge in [-0.15, -0.1) is 0 Å². The van der Waals surface area contributed by atoms with Crippen LogP contribution in [0, 0.1) is 18.8 Å². The molecule has 2 aliphatic heterocycles. The standard InChI is InChI=1S/C22H27ClN4O/c1-15-6-4-5-7-18(15)21-19-14-26(11-16-8-9-24-10-20(16)23)12-17(19)13-27(21)22(28)25(2)3/h4-10,17,19,21H,11-14H2,1-3H3/t17-,19-,21+/m1/s1. The second kappa shape index (κ2) is 7.72. The minimum atomic E-state index is 0.103. The number of benzene rings is 1. The number of carbonyl (C=O) groups is 1. The van der Waals surface area contributed by atoms with E-state index in [0.717, 1.165) is 36.8 Å². The summed E-state index contributed by atoms with van der Waals surface area (Å²) in [6.07, 6.45) is 3.51. The second-order valence-corrected chi connectivity index (χ2v) is 8.62. The number of halogens is 1. The summed E-state index contributed by atoms with van der Waals surface area (Å²) in [6.45, 7) is 5.74. The fourth-order valence-corrected chi connectivity index (χ4v) is 4.99. The molecule has 6 heteroatoms. The van der Waals surface area contributed by atoms with Gasteiger partial charge in [-0.1, -0.05) is 35.9 Å². The van der Waals surface area contributed by atoms with Crippen LogP contribution >= 0.6 is 11.6 Å². The number of amides is 2. The number of pyridine rings is 1. The van der Waals surface area contributed by atoms with Crippen LogP contribution in [0.4, 0.5) is 4.79 Å². The molecule has 0 unspecified atom stereocenters. The van der Waals surface area contributed by atoms with Crippen LogP contribution in [0.15, 0.2) is 42.7 Å². The summed E-state index contributed by atoms with van der Waals surface area (Å²) >= 11 is 6.32. The normalized spacial score (nSPS) is 24.4. The lowest BCUT2D eigenvalue weighted by atomic mass is 9.88. The highest BCUT2D eigenvalue weighted by atomic mass is 35.5. The van der Waals surface area contributed by atoms with E-state index in [-0.39, 0.29) is 12.1 Å². The van der Waals surface area contributed by atoms with Crippen LogP contribution in [-0.4, -0.2) is 59.4 Å². The number of aromatic nitrogens is 1. The van der Waals surface area contributed by atoms with Crippen LogP contribution in [0.25, 0.3) is 0 Å². The summed E-state index contributed by atoms with van der Waals surface area (Å²) in [5, 5.41) is 0.722. The Labute approximate surface area is 171 Å². The maximum atomic E-state index is 12.9. The fourth-order valence-electron chi connectivity index (χ4n) is 4.81. The molecule has 2 amide bonds. The summed E-state index contributed by atoms with van der Waals surface area (Å²) in [4.78, 5) is 23.2. The highest BCUT2D eigenvalue weighted by Gasteiger charge is 2.49. The third-order valence-corrected chi connectivity index (χ3v) is 6.47. The minimum absolute atomic E-state index is 0.103. The number of aryl methyl sites for hydroxylation is 1. The first-order valence-corrected chi connectivity index (χ1v) is 10.2. The van der Waals surface area contributed by atoms with Gasteiger partial charge in [0.15, 0.2) is 0 Å². The Bertz CT molecular complexity index is 871. The minimum Gasteiger partial charge on any atom is -0.331 e. The van der Waals surface area contributed by atoms with Crippen LogP contribution in [0.3, 0.4) is 0 Å². The van der Waals surface area contributed by atoms with E-state index in [4.69, 9.17) is 11.6 Å². The van der Waals surface area contributed by atoms with Crippen molar-refractivity contribution in [2.75, 3.05) is 33.7 Å². The Morgan fingerprint density at radius 2 is 2.00 bits per heavy atom. The number of likely N-dealkylation sites (tertiary alicyclic amines) is 2. The van der Waals surface area contributed by atoms with Gasteiger partial charge in [-0.2, -0.15) is 0 Å². The Kier molecular flexibility index (Phi) is 5.30. The van der Waals surface area contributed by atoms with Gasteiger partial charge < -0.3 is 9.80 Å². The number of rotatable bonds is 3. The van der Waals surface area contributed by atoms with E-state index in [0.29, 0.717) is 11.8 Å². The summed E-state index contributed by atoms with van der Waals surface area (Å²) in [7, 11) is 3.67. The number of hydrogen-bond acceptors (Lipinski definition) is 3. The second-order valence-electron chi connectivity index (χ2n) is 8.22. The molecule has 0 N–H and O–H groups in total. The van der Waals surface area contributed by atoms with Gasteiger partial charge in [-0.05, 0) is 35.6 Å². The average Bonchev–Trinajstić information content (AvgIpc) is 3.20. The first kappa shape index (κ1) is 19.2. The van der Waals surface area contributed by atoms with Gasteiger partial charge in [0.25, 0.3) is 0 Å². The van der Waals surface area contributed by atoms with Crippen molar-refractivity contribution in [3.8, 4) is 0 Å². The van der Waals surface area contributed by atoms with Crippen molar-refractivity contribution >= 4 is 17.6 Å². The van der Waals surface area contributed by atoms with Gasteiger partial charge in [0.2, 0.25) is 0 Å². The van der Waals surface area contributed by atoms with Crippen molar-refractivity contribution in [1.29, 1.82) is 0 Å². The molecule has 2 aromatic rings. The highest BCUT2D eigenvalue weighted by molar-refractivity contribution is 6.31. The number of fused-ring (bicyclic) bond motifs is 1. The largest absolute Gasteiger partial charge is 0.331 e. The molecule has 2 aliphatic rings. The Hall–Kier alpha value is -2.11. The van der Waals surface area contributed by atoms with E-state index < -0.39 is 0 Å². The van der Waals surface area contributed by atoms with Crippen LogP contribution in [0.2, 0.25) is 5.02 Å². The first-order chi connectivity index (χ1) is 13.5. The zero-order valence-electron chi connectivity index (χ0n) is 16.7. The summed E-state index contributed by atoms with van der Waals surface area (Å²) in [6, 6.07) is 10.7. The molecule has 5 nitrogen and oxygen atoms in total. The van der Waals surface area contributed by atoms with Gasteiger partial charge in [0.1, 0.15) is 0 Å². The first-order valence-electron chi connectivity index (χ1n) is 9.80. The lowest BCUT2D eigenvalue weighted by molar-refractivity contribution is 0.151. The van der Waals surface area contributed by atoms with Crippen molar-refractivity contribution in [2.24, 2.45) is 11.8 Å². The van der Waals surface area contributed by atoms with Crippen molar-refractivity contribution < 1.29 is 4.79 Å². The van der Waals surface area contributed by atoms with Gasteiger partial charge >= 0.3 is 6.03 Å². The van der Waals surface area contributed by atoms with Crippen LogP contribution < -0.4 is 0 Å². The van der Waals surface area contributed by atoms with E-state index in [1.165, 1.54) is 11.1 Å². The summed E-state index contributed by atoms with van der Waals surface area (Å²) in [5.74, 6) is 0.916. The van der Waals surface area contributed by atoms with Crippen molar-refractivity contribution in [3.05, 3.63) is 64.4 Å². The van der Waals surface area contributed by atoms with E-state index >= 15 is 0 Å². The molecule has 0 radical (unpaired) electrons. The van der Waals surface area contributed by atoms with Crippen LogP contribution in [0.5, 0.6) is 0 Å².